The first-order valence-electron chi connectivity index (χ1n) is 6.29. The lowest BCUT2D eigenvalue weighted by atomic mass is 9.92. The minimum Gasteiger partial charge on any atom is -0.294 e. The lowest BCUT2D eigenvalue weighted by Gasteiger charge is -2.11. The first-order valence-corrected chi connectivity index (χ1v) is 6.29. The average Bonchev–Trinajstić information content (AvgIpc) is 2.56. The number of Topliss-reactive ketones (excluding diaryl/α,β-unsaturated/α-hetero) is 1. The molecule has 1 nitrogen and oxygen atoms in total. The Morgan fingerprint density at radius 3 is 2.41 bits per heavy atom. The smallest absolute Gasteiger partial charge is 0.169 e. The van der Waals surface area contributed by atoms with E-state index in [0.717, 1.165) is 5.56 Å². The van der Waals surface area contributed by atoms with Gasteiger partial charge in [0.15, 0.2) is 5.78 Å². The molecule has 1 aliphatic rings. The molecule has 0 aliphatic heterocycles. The van der Waals surface area contributed by atoms with Gasteiger partial charge in [-0.2, -0.15) is 0 Å². The van der Waals surface area contributed by atoms with E-state index in [1.54, 1.807) is 0 Å². The second kappa shape index (κ2) is 4.25. The van der Waals surface area contributed by atoms with Crippen molar-refractivity contribution in [3.8, 4) is 0 Å². The fourth-order valence-corrected chi connectivity index (χ4v) is 2.57. The molecule has 0 fully saturated rings. The molecule has 1 aromatic carbocycles. The summed E-state index contributed by atoms with van der Waals surface area (Å²) < 4.78 is 14.3. The molecule has 0 heterocycles. The molecule has 0 spiro atoms. The Morgan fingerprint density at radius 1 is 1.24 bits per heavy atom. The third-order valence-electron chi connectivity index (χ3n) is 3.71. The number of carbonyl (C=O) groups excluding carboxylic acids is 1. The van der Waals surface area contributed by atoms with Gasteiger partial charge in [0.05, 0.1) is 5.56 Å². The predicted molar refractivity (Wildman–Crippen MR) is 66.9 cm³/mol. The Kier molecular flexibility index (Phi) is 3.07. The molecule has 1 unspecified atom stereocenters. The summed E-state index contributed by atoms with van der Waals surface area (Å²) in [5, 5.41) is 0. The highest BCUT2D eigenvalue weighted by Gasteiger charge is 2.35. The molecular weight excluding hydrogens is 215 g/mol. The van der Waals surface area contributed by atoms with Crippen molar-refractivity contribution in [2.75, 3.05) is 0 Å². The van der Waals surface area contributed by atoms with Crippen molar-refractivity contribution in [1.29, 1.82) is 0 Å². The van der Waals surface area contributed by atoms with Gasteiger partial charge in [0.2, 0.25) is 0 Å². The van der Waals surface area contributed by atoms with Crippen LogP contribution in [0.15, 0.2) is 12.1 Å². The van der Waals surface area contributed by atoms with Crippen molar-refractivity contribution < 1.29 is 9.18 Å². The maximum Gasteiger partial charge on any atom is 0.169 e. The Balaban J connectivity index is 2.50. The Bertz CT molecular complexity index is 460. The van der Waals surface area contributed by atoms with Crippen LogP contribution in [0.3, 0.4) is 0 Å². The van der Waals surface area contributed by atoms with E-state index in [0.29, 0.717) is 17.5 Å². The predicted octanol–water partition coefficient (Wildman–Crippen LogP) is 3.96. The second-order valence-corrected chi connectivity index (χ2v) is 5.58. The largest absolute Gasteiger partial charge is 0.294 e. The molecular formula is C15H19FO. The minimum absolute atomic E-state index is 0.00463. The van der Waals surface area contributed by atoms with E-state index in [9.17, 15) is 9.18 Å². The standard InChI is InChI=1S/C15H19FO/c1-8(2)11-6-5-10-7-12(9(3)4)15(17)13(10)14(11)16/h5-6,8-9,12H,7H2,1-4H3. The van der Waals surface area contributed by atoms with E-state index in [1.807, 2.05) is 39.8 Å². The topological polar surface area (TPSA) is 17.1 Å². The van der Waals surface area contributed by atoms with Crippen LogP contribution in [0.25, 0.3) is 0 Å². The average molecular weight is 234 g/mol. The van der Waals surface area contributed by atoms with E-state index in [4.69, 9.17) is 0 Å². The minimum atomic E-state index is -0.286. The molecule has 1 aliphatic carbocycles. The lowest BCUT2D eigenvalue weighted by Crippen LogP contribution is -2.16. The molecule has 0 bridgehead atoms. The van der Waals surface area contributed by atoms with Gasteiger partial charge >= 0.3 is 0 Å². The zero-order valence-corrected chi connectivity index (χ0v) is 10.9. The van der Waals surface area contributed by atoms with Gasteiger partial charge in [-0.3, -0.25) is 4.79 Å². The number of carbonyl (C=O) groups is 1. The van der Waals surface area contributed by atoms with Crippen LogP contribution < -0.4 is 0 Å². The first-order chi connectivity index (χ1) is 7.93. The SMILES string of the molecule is CC(C)c1ccc2c(c1F)C(=O)C(C(C)C)C2. The van der Waals surface area contributed by atoms with Gasteiger partial charge in [-0.25, -0.2) is 4.39 Å². The molecule has 1 aromatic rings. The van der Waals surface area contributed by atoms with Crippen molar-refractivity contribution in [2.45, 2.75) is 40.0 Å². The van der Waals surface area contributed by atoms with Crippen molar-refractivity contribution in [3.63, 3.8) is 0 Å². The maximum absolute atomic E-state index is 14.3. The van der Waals surface area contributed by atoms with Crippen LogP contribution in [0.5, 0.6) is 0 Å². The number of hydrogen-bond acceptors (Lipinski definition) is 1. The summed E-state index contributed by atoms with van der Waals surface area (Å²) in [7, 11) is 0. The zero-order chi connectivity index (χ0) is 12.7. The second-order valence-electron chi connectivity index (χ2n) is 5.58. The van der Waals surface area contributed by atoms with Crippen LogP contribution in [0.2, 0.25) is 0 Å². The molecule has 1 atom stereocenters. The normalized spacial score (nSPS) is 19.2. The van der Waals surface area contributed by atoms with Crippen molar-refractivity contribution >= 4 is 5.78 Å². The highest BCUT2D eigenvalue weighted by molar-refractivity contribution is 6.02. The monoisotopic (exact) mass is 234 g/mol. The highest BCUT2D eigenvalue weighted by atomic mass is 19.1. The van der Waals surface area contributed by atoms with Crippen molar-refractivity contribution in [2.24, 2.45) is 11.8 Å². The van der Waals surface area contributed by atoms with Crippen molar-refractivity contribution in [3.05, 3.63) is 34.6 Å². The molecule has 0 aromatic heterocycles. The van der Waals surface area contributed by atoms with Gasteiger partial charge in [0.1, 0.15) is 5.82 Å². The van der Waals surface area contributed by atoms with E-state index < -0.39 is 0 Å². The summed E-state index contributed by atoms with van der Waals surface area (Å²) in [6, 6.07) is 3.75. The van der Waals surface area contributed by atoms with Crippen LogP contribution in [-0.2, 0) is 6.42 Å². The van der Waals surface area contributed by atoms with Crippen molar-refractivity contribution in [1.82, 2.24) is 0 Å². The summed E-state index contributed by atoms with van der Waals surface area (Å²) in [6.45, 7) is 7.94. The summed E-state index contributed by atoms with van der Waals surface area (Å²) in [4.78, 5) is 12.2. The molecule has 0 amide bonds. The van der Waals surface area contributed by atoms with E-state index in [-0.39, 0.29) is 29.4 Å². The Morgan fingerprint density at radius 2 is 1.88 bits per heavy atom. The number of hydrogen-bond donors (Lipinski definition) is 0. The molecule has 0 radical (unpaired) electrons. The van der Waals surface area contributed by atoms with Gasteiger partial charge in [0, 0.05) is 5.92 Å². The van der Waals surface area contributed by atoms with Gasteiger partial charge in [-0.05, 0) is 29.4 Å². The quantitative estimate of drug-likeness (QED) is 0.757. The number of halogens is 1. The first kappa shape index (κ1) is 12.3. The van der Waals surface area contributed by atoms with Gasteiger partial charge in [-0.15, -0.1) is 0 Å². The molecule has 17 heavy (non-hydrogen) atoms. The van der Waals surface area contributed by atoms with E-state index in [1.165, 1.54) is 0 Å². The van der Waals surface area contributed by atoms with Crippen LogP contribution in [-0.4, -0.2) is 5.78 Å². The van der Waals surface area contributed by atoms with Gasteiger partial charge in [-0.1, -0.05) is 39.8 Å². The number of benzene rings is 1. The van der Waals surface area contributed by atoms with Crippen LogP contribution in [0, 0.1) is 17.7 Å². The van der Waals surface area contributed by atoms with Crippen LogP contribution in [0.1, 0.15) is 55.1 Å². The molecule has 0 N–H and O–H groups in total. The van der Waals surface area contributed by atoms with Gasteiger partial charge in [0.25, 0.3) is 0 Å². The number of rotatable bonds is 2. The molecule has 2 heteroatoms. The summed E-state index contributed by atoms with van der Waals surface area (Å²) in [5.41, 5.74) is 1.90. The molecule has 2 rings (SSSR count). The fourth-order valence-electron chi connectivity index (χ4n) is 2.57. The number of fused-ring (bicyclic) bond motifs is 1. The lowest BCUT2D eigenvalue weighted by molar-refractivity contribution is 0.0902. The zero-order valence-electron chi connectivity index (χ0n) is 10.9. The third-order valence-corrected chi connectivity index (χ3v) is 3.71. The number of ketones is 1. The Hall–Kier alpha value is -1.18. The summed E-state index contributed by atoms with van der Waals surface area (Å²) >= 11 is 0. The summed E-state index contributed by atoms with van der Waals surface area (Å²) in [5.74, 6) is 0.0607. The molecule has 0 saturated carbocycles. The van der Waals surface area contributed by atoms with Gasteiger partial charge < -0.3 is 0 Å². The third kappa shape index (κ3) is 1.90. The molecule has 92 valence electrons. The van der Waals surface area contributed by atoms with Crippen LogP contribution in [0.4, 0.5) is 4.39 Å². The fraction of sp³-hybridized carbons (Fsp3) is 0.533. The van der Waals surface area contributed by atoms with E-state index >= 15 is 0 Å². The summed E-state index contributed by atoms with van der Waals surface area (Å²) in [6.07, 6.45) is 0.696. The highest BCUT2D eigenvalue weighted by Crippen LogP contribution is 2.35. The van der Waals surface area contributed by atoms with Crippen LogP contribution >= 0.6 is 0 Å². The molecule has 0 saturated heterocycles. The Labute approximate surface area is 102 Å². The maximum atomic E-state index is 14.3. The van der Waals surface area contributed by atoms with E-state index in [2.05, 4.69) is 0 Å².